The van der Waals surface area contributed by atoms with Crippen LogP contribution in [-0.2, 0) is 0 Å². The zero-order valence-electron chi connectivity index (χ0n) is 13.5. The molecule has 0 aromatic heterocycles. The molecule has 2 aromatic carbocycles. The van der Waals surface area contributed by atoms with E-state index in [1.165, 1.54) is 0 Å². The van der Waals surface area contributed by atoms with E-state index in [0.717, 1.165) is 28.0 Å². The first-order valence-electron chi connectivity index (χ1n) is 7.67. The van der Waals surface area contributed by atoms with E-state index >= 15 is 0 Å². The number of rotatable bonds is 7. The number of benzene rings is 2. The van der Waals surface area contributed by atoms with Gasteiger partial charge in [-0.05, 0) is 72.8 Å². The highest BCUT2D eigenvalue weighted by Gasteiger charge is 2.20. The number of hydrogen-bond acceptors (Lipinski definition) is 3. The van der Waals surface area contributed by atoms with E-state index in [9.17, 15) is 8.63 Å². The molecule has 24 heavy (non-hydrogen) atoms. The van der Waals surface area contributed by atoms with Gasteiger partial charge in [-0.3, -0.25) is 4.99 Å². The van der Waals surface area contributed by atoms with Gasteiger partial charge in [0.25, 0.3) is 0 Å². The molecule has 0 N–H and O–H groups in total. The van der Waals surface area contributed by atoms with Crippen molar-refractivity contribution in [2.24, 2.45) is 4.99 Å². The molecule has 2 rings (SSSR count). The third-order valence-electron chi connectivity index (χ3n) is 3.52. The zero-order chi connectivity index (χ0) is 17.5. The number of hydrogen-bond donors (Lipinski definition) is 0. The summed E-state index contributed by atoms with van der Waals surface area (Å²) in [7, 11) is -2.87. The van der Waals surface area contributed by atoms with Gasteiger partial charge in [0.05, 0.1) is 5.69 Å². The van der Waals surface area contributed by atoms with Gasteiger partial charge in [-0.1, -0.05) is 0 Å². The highest BCUT2D eigenvalue weighted by atomic mass is 127. The fourth-order valence-corrected chi connectivity index (χ4v) is 2.64. The average Bonchev–Trinajstić information content (AvgIpc) is 2.56. The molecule has 3 nitrogen and oxygen atoms in total. The van der Waals surface area contributed by atoms with Gasteiger partial charge < -0.3 is 9.55 Å². The minimum atomic E-state index is -2.87. The van der Waals surface area contributed by atoms with E-state index in [2.05, 4.69) is 37.1 Å². The smallest absolute Gasteiger partial charge is 0.505 e. The predicted molar refractivity (Wildman–Crippen MR) is 105 cm³/mol. The predicted octanol–water partition coefficient (Wildman–Crippen LogP) is 5.19. The van der Waals surface area contributed by atoms with Gasteiger partial charge in [-0.2, -0.15) is 0 Å². The number of aliphatic imine (C=N–C) groups is 1. The van der Waals surface area contributed by atoms with Crippen molar-refractivity contribution in [3.05, 3.63) is 51.6 Å². The Hall–Kier alpha value is -1.64. The Morgan fingerprint density at radius 2 is 1.79 bits per heavy atom. The molecule has 0 amide bonds. The fourth-order valence-electron chi connectivity index (χ4n) is 2.28. The van der Waals surface area contributed by atoms with Crippen LogP contribution in [0, 0.1) is 3.57 Å². The molecule has 0 saturated heterocycles. The van der Waals surface area contributed by atoms with Crippen molar-refractivity contribution in [1.82, 2.24) is 0 Å². The van der Waals surface area contributed by atoms with Crippen LogP contribution < -0.4 is 9.55 Å². The lowest BCUT2D eigenvalue weighted by molar-refractivity contribution is 0.425. The number of halogens is 3. The molecule has 0 bridgehead atoms. The maximum atomic E-state index is 12.7. The van der Waals surface area contributed by atoms with Crippen molar-refractivity contribution >= 4 is 47.7 Å². The van der Waals surface area contributed by atoms with Crippen molar-refractivity contribution in [2.75, 3.05) is 18.0 Å². The van der Waals surface area contributed by atoms with Crippen molar-refractivity contribution in [3.63, 3.8) is 0 Å². The van der Waals surface area contributed by atoms with E-state index in [1.807, 2.05) is 44.2 Å². The highest BCUT2D eigenvalue weighted by Crippen LogP contribution is 2.26. The average molecular weight is 442 g/mol. The molecule has 0 aliphatic heterocycles. The molecule has 0 atom stereocenters. The summed E-state index contributed by atoms with van der Waals surface area (Å²) in [6.45, 7) is 5.62. The Balaban J connectivity index is 2.31. The summed E-state index contributed by atoms with van der Waals surface area (Å²) in [6, 6.07) is 12.9. The summed E-state index contributed by atoms with van der Waals surface area (Å²) in [4.78, 5) is 6.40. The van der Waals surface area contributed by atoms with Crippen LogP contribution >= 0.6 is 22.6 Å². The molecule has 0 heterocycles. The summed E-state index contributed by atoms with van der Waals surface area (Å²) in [5, 5.41) is 0. The Morgan fingerprint density at radius 1 is 1.12 bits per heavy atom. The van der Waals surface area contributed by atoms with Crippen LogP contribution in [0.3, 0.4) is 0 Å². The van der Waals surface area contributed by atoms with E-state index < -0.39 is 7.47 Å². The van der Waals surface area contributed by atoms with Gasteiger partial charge in [0.2, 0.25) is 0 Å². The van der Waals surface area contributed by atoms with Crippen molar-refractivity contribution in [2.45, 2.75) is 13.8 Å². The number of anilines is 1. The molecule has 0 aliphatic rings. The lowest BCUT2D eigenvalue weighted by Gasteiger charge is -2.22. The Kier molecular flexibility index (Phi) is 7.02. The standard InChI is InChI=1S/C17H18BF2IN2O/c1-3-23(4-2)16-10-5-13(17(11-16)24-18(19)20)12-22-15-8-6-14(21)7-9-15/h5-12H,3-4H2,1-2H3. The van der Waals surface area contributed by atoms with Gasteiger partial charge >= 0.3 is 7.47 Å². The molecule has 7 heteroatoms. The molecular weight excluding hydrogens is 424 g/mol. The lowest BCUT2D eigenvalue weighted by atomic mass is 10.1. The van der Waals surface area contributed by atoms with Gasteiger partial charge in [0.15, 0.2) is 0 Å². The second-order valence-electron chi connectivity index (χ2n) is 5.01. The molecule has 0 unspecified atom stereocenters. The quantitative estimate of drug-likeness (QED) is 0.335. The van der Waals surface area contributed by atoms with E-state index in [4.69, 9.17) is 0 Å². The normalized spacial score (nSPS) is 10.9. The van der Waals surface area contributed by atoms with Crippen LogP contribution in [0.25, 0.3) is 0 Å². The lowest BCUT2D eigenvalue weighted by Crippen LogP contribution is -2.22. The van der Waals surface area contributed by atoms with Crippen molar-refractivity contribution in [1.29, 1.82) is 0 Å². The van der Waals surface area contributed by atoms with Gasteiger partial charge in [0.1, 0.15) is 5.75 Å². The molecule has 0 saturated carbocycles. The van der Waals surface area contributed by atoms with Crippen LogP contribution in [0.2, 0.25) is 0 Å². The van der Waals surface area contributed by atoms with Crippen LogP contribution in [-0.4, -0.2) is 26.8 Å². The van der Waals surface area contributed by atoms with Crippen molar-refractivity contribution < 1.29 is 13.3 Å². The summed E-state index contributed by atoms with van der Waals surface area (Å²) in [5.74, 6) is 0.128. The maximum absolute atomic E-state index is 12.7. The fraction of sp³-hybridized carbons (Fsp3) is 0.235. The van der Waals surface area contributed by atoms with Crippen LogP contribution in [0.4, 0.5) is 20.0 Å². The molecular formula is C17H18BF2IN2O. The second kappa shape index (κ2) is 9.01. The third kappa shape index (κ3) is 5.19. The summed E-state index contributed by atoms with van der Waals surface area (Å²) in [5.41, 5.74) is 2.12. The van der Waals surface area contributed by atoms with Crippen LogP contribution in [0.15, 0.2) is 47.5 Å². The summed E-state index contributed by atoms with van der Waals surface area (Å²) in [6.07, 6.45) is 1.55. The molecule has 0 aliphatic carbocycles. The van der Waals surface area contributed by atoms with E-state index in [-0.39, 0.29) is 5.75 Å². The summed E-state index contributed by atoms with van der Waals surface area (Å²) >= 11 is 2.21. The first kappa shape index (κ1) is 18.7. The monoisotopic (exact) mass is 442 g/mol. The minimum Gasteiger partial charge on any atom is -0.505 e. The SMILES string of the molecule is CCN(CC)c1ccc(C=Nc2ccc(I)cc2)c(OB(F)F)c1. The maximum Gasteiger partial charge on any atom is 0.796 e. The Morgan fingerprint density at radius 3 is 2.38 bits per heavy atom. The summed E-state index contributed by atoms with van der Waals surface area (Å²) < 4.78 is 31.2. The van der Waals surface area contributed by atoms with Crippen LogP contribution in [0.1, 0.15) is 19.4 Å². The van der Waals surface area contributed by atoms with Gasteiger partial charge in [0, 0.05) is 40.2 Å². The molecule has 0 radical (unpaired) electrons. The largest absolute Gasteiger partial charge is 0.796 e. The van der Waals surface area contributed by atoms with Gasteiger partial charge in [-0.15, -0.1) is 0 Å². The minimum absolute atomic E-state index is 0.128. The highest BCUT2D eigenvalue weighted by molar-refractivity contribution is 14.1. The Bertz CT molecular complexity index is 691. The molecule has 0 spiro atoms. The zero-order valence-corrected chi connectivity index (χ0v) is 15.7. The third-order valence-corrected chi connectivity index (χ3v) is 4.24. The number of nitrogens with zero attached hydrogens (tertiary/aromatic N) is 2. The Labute approximate surface area is 155 Å². The first-order chi connectivity index (χ1) is 11.5. The van der Waals surface area contributed by atoms with Gasteiger partial charge in [-0.25, -0.2) is 8.63 Å². The first-order valence-corrected chi connectivity index (χ1v) is 8.74. The molecule has 0 fully saturated rings. The second-order valence-corrected chi connectivity index (χ2v) is 6.25. The van der Waals surface area contributed by atoms with E-state index in [0.29, 0.717) is 5.56 Å². The molecule has 126 valence electrons. The topological polar surface area (TPSA) is 24.8 Å². The van der Waals surface area contributed by atoms with Crippen LogP contribution in [0.5, 0.6) is 5.75 Å². The van der Waals surface area contributed by atoms with Crippen molar-refractivity contribution in [3.8, 4) is 5.75 Å². The molecule has 2 aromatic rings. The van der Waals surface area contributed by atoms with E-state index in [1.54, 1.807) is 18.3 Å².